The second kappa shape index (κ2) is 6.45. The molecule has 0 spiro atoms. The SMILES string of the molecule is CCS(=O)(=O)N1CCN(C(=O)c2ccccc2C(=O)O)CC1. The van der Waals surface area contributed by atoms with Crippen molar-refractivity contribution in [2.75, 3.05) is 31.9 Å². The molecular formula is C14H18N2O5S. The molecular weight excluding hydrogens is 308 g/mol. The standard InChI is InChI=1S/C14H18N2O5S/c1-2-22(20,21)16-9-7-15(8-10-16)13(17)11-5-3-4-6-12(11)14(18)19/h3-6H,2,7-10H2,1H3,(H,18,19). The van der Waals surface area contributed by atoms with Crippen LogP contribution in [0.15, 0.2) is 24.3 Å². The molecule has 1 aromatic rings. The average molecular weight is 326 g/mol. The molecule has 22 heavy (non-hydrogen) atoms. The molecule has 1 aliphatic rings. The first kappa shape index (κ1) is 16.4. The highest BCUT2D eigenvalue weighted by Gasteiger charge is 2.29. The van der Waals surface area contributed by atoms with Gasteiger partial charge in [-0.15, -0.1) is 0 Å². The summed E-state index contributed by atoms with van der Waals surface area (Å²) in [6, 6.07) is 6.03. The second-order valence-corrected chi connectivity index (χ2v) is 7.20. The van der Waals surface area contributed by atoms with Crippen LogP contribution < -0.4 is 0 Å². The van der Waals surface area contributed by atoms with Crippen molar-refractivity contribution in [1.29, 1.82) is 0 Å². The van der Waals surface area contributed by atoms with Crippen LogP contribution in [0.5, 0.6) is 0 Å². The topological polar surface area (TPSA) is 95.0 Å². The van der Waals surface area contributed by atoms with Gasteiger partial charge in [-0.05, 0) is 19.1 Å². The van der Waals surface area contributed by atoms with Crippen LogP contribution in [0.1, 0.15) is 27.6 Å². The number of benzene rings is 1. The smallest absolute Gasteiger partial charge is 0.336 e. The summed E-state index contributed by atoms with van der Waals surface area (Å²) >= 11 is 0. The number of carbonyl (C=O) groups is 2. The van der Waals surface area contributed by atoms with E-state index in [0.29, 0.717) is 0 Å². The van der Waals surface area contributed by atoms with Gasteiger partial charge in [0.25, 0.3) is 5.91 Å². The fourth-order valence-electron chi connectivity index (χ4n) is 2.38. The van der Waals surface area contributed by atoms with Crippen LogP contribution in [0, 0.1) is 0 Å². The van der Waals surface area contributed by atoms with Crippen molar-refractivity contribution in [3.8, 4) is 0 Å². The maximum absolute atomic E-state index is 12.4. The number of nitrogens with zero attached hydrogens (tertiary/aromatic N) is 2. The molecule has 0 atom stereocenters. The number of hydrogen-bond acceptors (Lipinski definition) is 4. The molecule has 0 aromatic heterocycles. The van der Waals surface area contributed by atoms with E-state index in [1.54, 1.807) is 19.1 Å². The Hall–Kier alpha value is -1.93. The highest BCUT2D eigenvalue weighted by atomic mass is 32.2. The van der Waals surface area contributed by atoms with E-state index in [9.17, 15) is 18.0 Å². The summed E-state index contributed by atoms with van der Waals surface area (Å²) in [6.45, 7) is 2.56. The average Bonchev–Trinajstić information content (AvgIpc) is 2.54. The molecule has 120 valence electrons. The first-order valence-electron chi connectivity index (χ1n) is 6.96. The Bertz CT molecular complexity index is 678. The Labute approximate surface area is 129 Å². The van der Waals surface area contributed by atoms with Gasteiger partial charge >= 0.3 is 5.97 Å². The monoisotopic (exact) mass is 326 g/mol. The zero-order chi connectivity index (χ0) is 16.3. The van der Waals surface area contributed by atoms with Crippen LogP contribution in [-0.4, -0.2) is 66.5 Å². The number of aromatic carboxylic acids is 1. The predicted octanol–water partition coefficient (Wildman–Crippen LogP) is 0.492. The summed E-state index contributed by atoms with van der Waals surface area (Å²) in [6.07, 6.45) is 0. The predicted molar refractivity (Wildman–Crippen MR) is 80.3 cm³/mol. The van der Waals surface area contributed by atoms with Crippen molar-refractivity contribution in [2.24, 2.45) is 0 Å². The molecule has 1 amide bonds. The molecule has 0 unspecified atom stereocenters. The lowest BCUT2D eigenvalue weighted by atomic mass is 10.1. The van der Waals surface area contributed by atoms with Crippen molar-refractivity contribution in [1.82, 2.24) is 9.21 Å². The van der Waals surface area contributed by atoms with Crippen LogP contribution in [0.25, 0.3) is 0 Å². The van der Waals surface area contributed by atoms with Crippen molar-refractivity contribution < 1.29 is 23.1 Å². The fraction of sp³-hybridized carbons (Fsp3) is 0.429. The summed E-state index contributed by atoms with van der Waals surface area (Å²) in [4.78, 5) is 25.1. The third-order valence-corrected chi connectivity index (χ3v) is 5.55. The number of carbonyl (C=O) groups excluding carboxylic acids is 1. The number of carboxylic acid groups (broad SMARTS) is 1. The van der Waals surface area contributed by atoms with Crippen LogP contribution in [0.4, 0.5) is 0 Å². The van der Waals surface area contributed by atoms with Gasteiger partial charge in [0.15, 0.2) is 0 Å². The third kappa shape index (κ3) is 3.28. The van der Waals surface area contributed by atoms with E-state index in [-0.39, 0.29) is 49.0 Å². The number of sulfonamides is 1. The minimum Gasteiger partial charge on any atom is -0.478 e. The van der Waals surface area contributed by atoms with E-state index >= 15 is 0 Å². The van der Waals surface area contributed by atoms with Crippen molar-refractivity contribution in [2.45, 2.75) is 6.92 Å². The van der Waals surface area contributed by atoms with Crippen molar-refractivity contribution in [3.63, 3.8) is 0 Å². The van der Waals surface area contributed by atoms with Gasteiger partial charge in [-0.1, -0.05) is 12.1 Å². The number of amides is 1. The first-order chi connectivity index (χ1) is 10.4. The van der Waals surface area contributed by atoms with Gasteiger partial charge in [-0.2, -0.15) is 4.31 Å². The lowest BCUT2D eigenvalue weighted by molar-refractivity contribution is 0.0656. The van der Waals surface area contributed by atoms with Crippen LogP contribution in [-0.2, 0) is 10.0 Å². The highest BCUT2D eigenvalue weighted by molar-refractivity contribution is 7.89. The van der Waals surface area contributed by atoms with E-state index in [4.69, 9.17) is 5.11 Å². The Kier molecular flexibility index (Phi) is 4.82. The summed E-state index contributed by atoms with van der Waals surface area (Å²) in [5, 5.41) is 9.14. The normalized spacial score (nSPS) is 16.5. The van der Waals surface area contributed by atoms with Gasteiger partial charge in [0.1, 0.15) is 0 Å². The maximum Gasteiger partial charge on any atom is 0.336 e. The Morgan fingerprint density at radius 3 is 2.14 bits per heavy atom. The molecule has 2 rings (SSSR count). The van der Waals surface area contributed by atoms with Crippen LogP contribution >= 0.6 is 0 Å². The number of carboxylic acids is 1. The Morgan fingerprint density at radius 2 is 1.64 bits per heavy atom. The molecule has 0 radical (unpaired) electrons. The summed E-state index contributed by atoms with van der Waals surface area (Å²) in [5.74, 6) is -1.51. The van der Waals surface area contributed by atoms with E-state index in [0.717, 1.165) is 0 Å². The van der Waals surface area contributed by atoms with E-state index in [1.807, 2.05) is 0 Å². The lowest BCUT2D eigenvalue weighted by Gasteiger charge is -2.34. The van der Waals surface area contributed by atoms with E-state index < -0.39 is 16.0 Å². The van der Waals surface area contributed by atoms with Crippen LogP contribution in [0.2, 0.25) is 0 Å². The van der Waals surface area contributed by atoms with Gasteiger partial charge in [0.2, 0.25) is 10.0 Å². The molecule has 0 bridgehead atoms. The molecule has 1 aliphatic heterocycles. The molecule has 1 saturated heterocycles. The first-order valence-corrected chi connectivity index (χ1v) is 8.57. The van der Waals surface area contributed by atoms with Crippen LogP contribution in [0.3, 0.4) is 0 Å². The Balaban J connectivity index is 2.12. The zero-order valence-corrected chi connectivity index (χ0v) is 13.0. The minimum absolute atomic E-state index is 0.0305. The molecule has 1 N–H and O–H groups in total. The summed E-state index contributed by atoms with van der Waals surface area (Å²) in [5.41, 5.74) is 0.0814. The largest absolute Gasteiger partial charge is 0.478 e. The molecule has 1 aromatic carbocycles. The van der Waals surface area contributed by atoms with Gasteiger partial charge < -0.3 is 10.0 Å². The Morgan fingerprint density at radius 1 is 1.09 bits per heavy atom. The fourth-order valence-corrected chi connectivity index (χ4v) is 3.46. The van der Waals surface area contributed by atoms with Crippen molar-refractivity contribution in [3.05, 3.63) is 35.4 Å². The van der Waals surface area contributed by atoms with Crippen molar-refractivity contribution >= 4 is 21.9 Å². The van der Waals surface area contributed by atoms with E-state index in [1.165, 1.54) is 21.3 Å². The lowest BCUT2D eigenvalue weighted by Crippen LogP contribution is -2.51. The summed E-state index contributed by atoms with van der Waals surface area (Å²) in [7, 11) is -3.26. The van der Waals surface area contributed by atoms with Gasteiger partial charge in [0.05, 0.1) is 16.9 Å². The van der Waals surface area contributed by atoms with Gasteiger partial charge in [-0.25, -0.2) is 13.2 Å². The molecule has 1 fully saturated rings. The summed E-state index contributed by atoms with van der Waals surface area (Å²) < 4.78 is 24.9. The number of hydrogen-bond donors (Lipinski definition) is 1. The molecule has 1 heterocycles. The zero-order valence-electron chi connectivity index (χ0n) is 12.2. The number of rotatable bonds is 4. The van der Waals surface area contributed by atoms with E-state index in [2.05, 4.69) is 0 Å². The quantitative estimate of drug-likeness (QED) is 0.869. The van der Waals surface area contributed by atoms with Gasteiger partial charge in [-0.3, -0.25) is 4.79 Å². The highest BCUT2D eigenvalue weighted by Crippen LogP contribution is 2.15. The molecule has 0 saturated carbocycles. The minimum atomic E-state index is -3.26. The molecule has 8 heteroatoms. The number of piperazine rings is 1. The third-order valence-electron chi connectivity index (χ3n) is 3.67. The van der Waals surface area contributed by atoms with Gasteiger partial charge in [0, 0.05) is 26.2 Å². The second-order valence-electron chi connectivity index (χ2n) is 4.94. The molecule has 7 nitrogen and oxygen atoms in total. The molecule has 0 aliphatic carbocycles. The maximum atomic E-state index is 12.4.